The number of aromatic nitrogens is 3. The molecule has 5 nitrogen and oxygen atoms in total. The van der Waals surface area contributed by atoms with E-state index < -0.39 is 0 Å². The lowest BCUT2D eigenvalue weighted by Gasteiger charge is -2.31. The molecule has 1 unspecified atom stereocenters. The molecular weight excluding hydrogens is 214 g/mol. The van der Waals surface area contributed by atoms with Crippen LogP contribution in [0.3, 0.4) is 0 Å². The zero-order valence-corrected chi connectivity index (χ0v) is 10.2. The van der Waals surface area contributed by atoms with Crippen molar-refractivity contribution in [2.45, 2.75) is 38.0 Å². The average molecular weight is 235 g/mol. The standard InChI is InChI=1S/C12H21N5/c13-7-9-3-2-6-17(8-9)12-14-11(15-16-12)10-4-1-5-10/h9-10H,1-8,13H2,(H,14,15,16). The van der Waals surface area contributed by atoms with E-state index in [-0.39, 0.29) is 0 Å². The van der Waals surface area contributed by atoms with Crippen molar-refractivity contribution >= 4 is 5.95 Å². The van der Waals surface area contributed by atoms with Crippen molar-refractivity contribution in [3.8, 4) is 0 Å². The summed E-state index contributed by atoms with van der Waals surface area (Å²) < 4.78 is 0. The molecule has 1 aliphatic carbocycles. The fourth-order valence-corrected chi connectivity index (χ4v) is 2.71. The van der Waals surface area contributed by atoms with Gasteiger partial charge in [0.25, 0.3) is 0 Å². The highest BCUT2D eigenvalue weighted by molar-refractivity contribution is 5.30. The molecule has 2 heterocycles. The van der Waals surface area contributed by atoms with Crippen LogP contribution in [0.2, 0.25) is 0 Å². The smallest absolute Gasteiger partial charge is 0.244 e. The quantitative estimate of drug-likeness (QED) is 0.827. The Bertz CT molecular complexity index is 371. The van der Waals surface area contributed by atoms with Gasteiger partial charge in [0, 0.05) is 19.0 Å². The van der Waals surface area contributed by atoms with E-state index in [9.17, 15) is 0 Å². The summed E-state index contributed by atoms with van der Waals surface area (Å²) in [6, 6.07) is 0. The molecule has 0 bridgehead atoms. The predicted molar refractivity (Wildman–Crippen MR) is 67.0 cm³/mol. The normalized spacial score (nSPS) is 25.9. The number of anilines is 1. The van der Waals surface area contributed by atoms with Crippen LogP contribution in [0.4, 0.5) is 5.95 Å². The largest absolute Gasteiger partial charge is 0.339 e. The van der Waals surface area contributed by atoms with Crippen LogP contribution in [0.5, 0.6) is 0 Å². The predicted octanol–water partition coefficient (Wildman–Crippen LogP) is 1.25. The number of hydrogen-bond acceptors (Lipinski definition) is 4. The number of nitrogens with zero attached hydrogens (tertiary/aromatic N) is 3. The number of aromatic amines is 1. The Hall–Kier alpha value is -1.10. The van der Waals surface area contributed by atoms with Crippen LogP contribution in [0.25, 0.3) is 0 Å². The van der Waals surface area contributed by atoms with E-state index in [1.54, 1.807) is 0 Å². The Morgan fingerprint density at radius 1 is 1.29 bits per heavy atom. The van der Waals surface area contributed by atoms with Gasteiger partial charge < -0.3 is 10.6 Å². The van der Waals surface area contributed by atoms with E-state index in [4.69, 9.17) is 5.73 Å². The zero-order valence-electron chi connectivity index (χ0n) is 10.2. The highest BCUT2D eigenvalue weighted by Gasteiger charge is 2.26. The highest BCUT2D eigenvalue weighted by atomic mass is 15.4. The van der Waals surface area contributed by atoms with Crippen LogP contribution in [-0.2, 0) is 0 Å². The fraction of sp³-hybridized carbons (Fsp3) is 0.833. The summed E-state index contributed by atoms with van der Waals surface area (Å²) in [4.78, 5) is 6.92. The number of piperidine rings is 1. The van der Waals surface area contributed by atoms with Gasteiger partial charge in [0.15, 0.2) is 0 Å². The van der Waals surface area contributed by atoms with Crippen molar-refractivity contribution in [1.82, 2.24) is 15.2 Å². The Morgan fingerprint density at radius 3 is 2.88 bits per heavy atom. The molecule has 0 amide bonds. The summed E-state index contributed by atoms with van der Waals surface area (Å²) >= 11 is 0. The molecule has 3 rings (SSSR count). The summed E-state index contributed by atoms with van der Waals surface area (Å²) in [6.07, 6.45) is 6.31. The van der Waals surface area contributed by atoms with Gasteiger partial charge in [-0.1, -0.05) is 6.42 Å². The number of nitrogens with one attached hydrogen (secondary N) is 1. The average Bonchev–Trinajstić information content (AvgIpc) is 2.76. The maximum Gasteiger partial charge on any atom is 0.244 e. The van der Waals surface area contributed by atoms with Crippen LogP contribution < -0.4 is 10.6 Å². The number of H-pyrrole nitrogens is 1. The number of hydrogen-bond donors (Lipinski definition) is 2. The molecule has 1 saturated carbocycles. The molecule has 1 aromatic heterocycles. The summed E-state index contributed by atoms with van der Waals surface area (Å²) in [7, 11) is 0. The molecule has 2 aliphatic rings. The molecular formula is C12H21N5. The van der Waals surface area contributed by atoms with Gasteiger partial charge >= 0.3 is 0 Å². The minimum absolute atomic E-state index is 0.606. The summed E-state index contributed by atoms with van der Waals surface area (Å²) in [5, 5.41) is 7.46. The van der Waals surface area contributed by atoms with Crippen LogP contribution in [-0.4, -0.2) is 34.8 Å². The van der Waals surface area contributed by atoms with Gasteiger partial charge in [0.2, 0.25) is 5.95 Å². The molecule has 1 aliphatic heterocycles. The molecule has 1 atom stereocenters. The van der Waals surface area contributed by atoms with Crippen molar-refractivity contribution in [3.63, 3.8) is 0 Å². The van der Waals surface area contributed by atoms with E-state index in [1.807, 2.05) is 0 Å². The Labute approximate surface area is 102 Å². The molecule has 0 radical (unpaired) electrons. The second-order valence-electron chi connectivity index (χ2n) is 5.34. The first-order valence-corrected chi connectivity index (χ1v) is 6.74. The van der Waals surface area contributed by atoms with Gasteiger partial charge in [-0.15, -0.1) is 5.10 Å². The first-order chi connectivity index (χ1) is 8.36. The van der Waals surface area contributed by atoms with E-state index >= 15 is 0 Å². The van der Waals surface area contributed by atoms with Gasteiger partial charge in [-0.25, -0.2) is 0 Å². The van der Waals surface area contributed by atoms with E-state index in [0.717, 1.165) is 31.4 Å². The van der Waals surface area contributed by atoms with Gasteiger partial charge in [0.1, 0.15) is 5.82 Å². The maximum atomic E-state index is 5.75. The molecule has 3 N–H and O–H groups in total. The highest BCUT2D eigenvalue weighted by Crippen LogP contribution is 2.34. The molecule has 1 saturated heterocycles. The van der Waals surface area contributed by atoms with E-state index in [2.05, 4.69) is 20.1 Å². The zero-order chi connectivity index (χ0) is 11.7. The summed E-state index contributed by atoms with van der Waals surface area (Å²) in [6.45, 7) is 2.85. The third kappa shape index (κ3) is 2.16. The van der Waals surface area contributed by atoms with Crippen molar-refractivity contribution in [3.05, 3.63) is 5.82 Å². The van der Waals surface area contributed by atoms with Crippen LogP contribution in [0, 0.1) is 5.92 Å². The van der Waals surface area contributed by atoms with Crippen molar-refractivity contribution in [2.24, 2.45) is 11.7 Å². The van der Waals surface area contributed by atoms with Gasteiger partial charge in [-0.2, -0.15) is 4.98 Å². The third-order valence-electron chi connectivity index (χ3n) is 4.12. The van der Waals surface area contributed by atoms with E-state index in [0.29, 0.717) is 11.8 Å². The van der Waals surface area contributed by atoms with Crippen LogP contribution >= 0.6 is 0 Å². The van der Waals surface area contributed by atoms with Gasteiger partial charge in [-0.05, 0) is 38.1 Å². The lowest BCUT2D eigenvalue weighted by molar-refractivity contribution is 0.401. The SMILES string of the molecule is NCC1CCCN(c2n[nH]c(C3CCC3)n2)C1. The monoisotopic (exact) mass is 235 g/mol. The second-order valence-corrected chi connectivity index (χ2v) is 5.34. The fourth-order valence-electron chi connectivity index (χ4n) is 2.71. The third-order valence-corrected chi connectivity index (χ3v) is 4.12. The first kappa shape index (κ1) is 11.0. The minimum atomic E-state index is 0.606. The van der Waals surface area contributed by atoms with Gasteiger partial charge in [-0.3, -0.25) is 5.10 Å². The topological polar surface area (TPSA) is 70.8 Å². The Kier molecular flexibility index (Phi) is 3.01. The van der Waals surface area contributed by atoms with Gasteiger partial charge in [0.05, 0.1) is 0 Å². The Balaban J connectivity index is 1.68. The number of rotatable bonds is 3. The van der Waals surface area contributed by atoms with Crippen LogP contribution in [0.1, 0.15) is 43.8 Å². The van der Waals surface area contributed by atoms with Crippen molar-refractivity contribution in [2.75, 3.05) is 24.5 Å². The molecule has 2 fully saturated rings. The molecule has 94 valence electrons. The lowest BCUT2D eigenvalue weighted by atomic mass is 9.85. The second kappa shape index (κ2) is 4.64. The lowest BCUT2D eigenvalue weighted by Crippen LogP contribution is -2.39. The summed E-state index contributed by atoms with van der Waals surface area (Å²) in [5.41, 5.74) is 5.75. The first-order valence-electron chi connectivity index (χ1n) is 6.74. The van der Waals surface area contributed by atoms with Crippen molar-refractivity contribution in [1.29, 1.82) is 0 Å². The Morgan fingerprint density at radius 2 is 2.18 bits per heavy atom. The summed E-state index contributed by atoms with van der Waals surface area (Å²) in [5.74, 6) is 3.20. The minimum Gasteiger partial charge on any atom is -0.339 e. The molecule has 17 heavy (non-hydrogen) atoms. The van der Waals surface area contributed by atoms with E-state index in [1.165, 1.54) is 32.1 Å². The molecule has 0 aromatic carbocycles. The maximum absolute atomic E-state index is 5.75. The van der Waals surface area contributed by atoms with Crippen molar-refractivity contribution < 1.29 is 0 Å². The molecule has 1 aromatic rings. The van der Waals surface area contributed by atoms with Crippen LogP contribution in [0.15, 0.2) is 0 Å². The molecule has 5 heteroatoms. The number of nitrogens with two attached hydrogens (primary N) is 1. The molecule has 0 spiro atoms.